The Morgan fingerprint density at radius 2 is 1.82 bits per heavy atom. The van der Waals surface area contributed by atoms with E-state index in [2.05, 4.69) is 4.99 Å². The second-order valence-corrected chi connectivity index (χ2v) is 10.5. The van der Waals surface area contributed by atoms with Crippen molar-refractivity contribution in [2.75, 3.05) is 37.8 Å². The molecule has 0 unspecified atom stereocenters. The van der Waals surface area contributed by atoms with Crippen molar-refractivity contribution in [3.63, 3.8) is 0 Å². The predicted octanol–water partition coefficient (Wildman–Crippen LogP) is 1.13. The molecule has 0 bridgehead atoms. The third kappa shape index (κ3) is 6.64. The van der Waals surface area contributed by atoms with Crippen LogP contribution in [0.5, 0.6) is 5.75 Å². The van der Waals surface area contributed by atoms with Crippen LogP contribution in [0.15, 0.2) is 23.2 Å². The Morgan fingerprint density at radius 1 is 1.09 bits per heavy atom. The third-order valence-electron chi connectivity index (χ3n) is 4.92. The van der Waals surface area contributed by atoms with Gasteiger partial charge in [-0.05, 0) is 44.9 Å². The van der Waals surface area contributed by atoms with Gasteiger partial charge < -0.3 is 18.9 Å². The summed E-state index contributed by atoms with van der Waals surface area (Å²) in [6.07, 6.45) is 1.69. The first kappa shape index (κ1) is 24.9. The number of hydrogen-bond acceptors (Lipinski definition) is 8. The number of esters is 1. The largest absolute Gasteiger partial charge is 0.494 e. The number of likely N-dealkylation sites (tertiary alicyclic amines) is 1. The van der Waals surface area contributed by atoms with Crippen molar-refractivity contribution in [2.45, 2.75) is 33.2 Å². The van der Waals surface area contributed by atoms with E-state index in [1.54, 1.807) is 25.1 Å². The number of ether oxygens (including phenoxy) is 2. The molecule has 0 spiro atoms. The van der Waals surface area contributed by atoms with Crippen molar-refractivity contribution in [1.82, 2.24) is 9.47 Å². The molecule has 2 heterocycles. The molecule has 0 radical (unpaired) electrons. The van der Waals surface area contributed by atoms with E-state index in [1.165, 1.54) is 9.47 Å². The van der Waals surface area contributed by atoms with Crippen molar-refractivity contribution >= 4 is 49.2 Å². The third-order valence-corrected chi connectivity index (χ3v) is 7.34. The molecule has 0 saturated carbocycles. The molecule has 1 fully saturated rings. The molecule has 10 nitrogen and oxygen atoms in total. The maximum atomic E-state index is 12.5. The summed E-state index contributed by atoms with van der Waals surface area (Å²) in [4.78, 5) is 42.4. The van der Waals surface area contributed by atoms with Crippen LogP contribution >= 0.6 is 11.3 Å². The molecule has 1 aliphatic rings. The van der Waals surface area contributed by atoms with E-state index < -0.39 is 39.1 Å². The molecule has 0 aliphatic carbocycles. The van der Waals surface area contributed by atoms with Gasteiger partial charge in [0.1, 0.15) is 23.8 Å². The minimum Gasteiger partial charge on any atom is -0.494 e. The van der Waals surface area contributed by atoms with Crippen LogP contribution in [0.2, 0.25) is 0 Å². The standard InChI is InChI=1S/C21H27N3O7S2/c1-3-30-15-7-8-16-17(11-15)32-21(24(16)12-20(27)31-4-2)22-18(25)13-33(28,29)14-19(26)23-9-5-6-10-23/h7-8,11H,3-6,9-10,12-14H2,1-2H3. The second kappa shape index (κ2) is 10.9. The Hall–Kier alpha value is -2.73. The molecule has 33 heavy (non-hydrogen) atoms. The van der Waals surface area contributed by atoms with E-state index in [1.807, 2.05) is 6.92 Å². The highest BCUT2D eigenvalue weighted by Gasteiger charge is 2.26. The number of amides is 2. The average Bonchev–Trinajstić information content (AvgIpc) is 3.36. The van der Waals surface area contributed by atoms with E-state index in [9.17, 15) is 22.8 Å². The fourth-order valence-corrected chi connectivity index (χ4v) is 5.68. The maximum Gasteiger partial charge on any atom is 0.326 e. The number of fused-ring (bicyclic) bond motifs is 1. The lowest BCUT2D eigenvalue weighted by molar-refractivity contribution is -0.143. The number of thiazole rings is 1. The fraction of sp³-hybridized carbons (Fsp3) is 0.524. The molecule has 3 rings (SSSR count). The molecule has 2 amide bonds. The summed E-state index contributed by atoms with van der Waals surface area (Å²) in [5.74, 6) is -2.90. The van der Waals surface area contributed by atoms with Crippen LogP contribution in [0.25, 0.3) is 10.2 Å². The van der Waals surface area contributed by atoms with Crippen LogP contribution in [-0.4, -0.2) is 73.5 Å². The van der Waals surface area contributed by atoms with E-state index in [-0.39, 0.29) is 18.0 Å². The van der Waals surface area contributed by atoms with Crippen molar-refractivity contribution in [1.29, 1.82) is 0 Å². The van der Waals surface area contributed by atoms with Crippen molar-refractivity contribution in [3.8, 4) is 5.75 Å². The van der Waals surface area contributed by atoms with Crippen molar-refractivity contribution in [3.05, 3.63) is 23.0 Å². The summed E-state index contributed by atoms with van der Waals surface area (Å²) in [6.45, 7) is 5.10. The minimum atomic E-state index is -3.98. The van der Waals surface area contributed by atoms with E-state index in [0.717, 1.165) is 24.2 Å². The zero-order valence-corrected chi connectivity index (χ0v) is 20.2. The lowest BCUT2D eigenvalue weighted by Crippen LogP contribution is -2.35. The quantitative estimate of drug-likeness (QED) is 0.476. The molecule has 1 aliphatic heterocycles. The molecule has 2 aromatic rings. The van der Waals surface area contributed by atoms with Gasteiger partial charge in [0.15, 0.2) is 14.6 Å². The SMILES string of the molecule is CCOC(=O)Cn1c(=NC(=O)CS(=O)(=O)CC(=O)N2CCCC2)sc2cc(OCC)ccc21. The van der Waals surface area contributed by atoms with Gasteiger partial charge in [0.25, 0.3) is 5.91 Å². The Labute approximate surface area is 195 Å². The van der Waals surface area contributed by atoms with Gasteiger partial charge >= 0.3 is 5.97 Å². The minimum absolute atomic E-state index is 0.165. The fourth-order valence-electron chi connectivity index (χ4n) is 3.51. The number of carbonyl (C=O) groups excluding carboxylic acids is 3. The van der Waals surface area contributed by atoms with Gasteiger partial charge in [0.2, 0.25) is 5.91 Å². The highest BCUT2D eigenvalue weighted by atomic mass is 32.2. The molecule has 1 saturated heterocycles. The summed E-state index contributed by atoms with van der Waals surface area (Å²) in [6, 6.07) is 5.24. The van der Waals surface area contributed by atoms with Crippen molar-refractivity contribution < 1.29 is 32.3 Å². The summed E-state index contributed by atoms with van der Waals surface area (Å²) >= 11 is 1.13. The lowest BCUT2D eigenvalue weighted by Gasteiger charge is -2.14. The smallest absolute Gasteiger partial charge is 0.326 e. The van der Waals surface area contributed by atoms with Gasteiger partial charge in [-0.1, -0.05) is 11.3 Å². The molecule has 0 atom stereocenters. The Bertz CT molecular complexity index is 1210. The molecule has 180 valence electrons. The Kier molecular flexibility index (Phi) is 8.25. The highest BCUT2D eigenvalue weighted by Crippen LogP contribution is 2.23. The summed E-state index contributed by atoms with van der Waals surface area (Å²) in [5, 5.41) is 0. The number of benzene rings is 1. The second-order valence-electron chi connectivity index (χ2n) is 7.46. The zero-order valence-electron chi connectivity index (χ0n) is 18.6. The lowest BCUT2D eigenvalue weighted by atomic mass is 10.3. The number of aromatic nitrogens is 1. The van der Waals surface area contributed by atoms with Crippen LogP contribution in [0, 0.1) is 0 Å². The van der Waals surface area contributed by atoms with Gasteiger partial charge in [0.05, 0.1) is 23.4 Å². The number of hydrogen-bond donors (Lipinski definition) is 0. The molecule has 12 heteroatoms. The topological polar surface area (TPSA) is 124 Å². The Balaban J connectivity index is 1.87. The summed E-state index contributed by atoms with van der Waals surface area (Å²) < 4.78 is 37.6. The Morgan fingerprint density at radius 3 is 2.48 bits per heavy atom. The molecule has 1 aromatic heterocycles. The van der Waals surface area contributed by atoms with Crippen LogP contribution in [-0.2, 0) is 35.5 Å². The van der Waals surface area contributed by atoms with Crippen LogP contribution in [0.4, 0.5) is 0 Å². The predicted molar refractivity (Wildman–Crippen MR) is 123 cm³/mol. The molecule has 0 N–H and O–H groups in total. The van der Waals surface area contributed by atoms with Gasteiger partial charge in [0, 0.05) is 13.1 Å². The normalized spacial score (nSPS) is 14.6. The average molecular weight is 498 g/mol. The number of nitrogens with zero attached hydrogens (tertiary/aromatic N) is 3. The van der Waals surface area contributed by atoms with Crippen LogP contribution < -0.4 is 9.54 Å². The van der Waals surface area contributed by atoms with E-state index in [4.69, 9.17) is 9.47 Å². The van der Waals surface area contributed by atoms with Crippen LogP contribution in [0.1, 0.15) is 26.7 Å². The van der Waals surface area contributed by atoms with Gasteiger partial charge in [-0.15, -0.1) is 0 Å². The highest BCUT2D eigenvalue weighted by molar-refractivity contribution is 7.92. The number of carbonyl (C=O) groups is 3. The maximum absolute atomic E-state index is 12.5. The van der Waals surface area contributed by atoms with Crippen molar-refractivity contribution in [2.24, 2.45) is 4.99 Å². The molecule has 1 aromatic carbocycles. The molecular formula is C21H27N3O7S2. The van der Waals surface area contributed by atoms with Crippen LogP contribution in [0.3, 0.4) is 0 Å². The first-order valence-corrected chi connectivity index (χ1v) is 13.3. The first-order valence-electron chi connectivity index (χ1n) is 10.7. The monoisotopic (exact) mass is 497 g/mol. The summed E-state index contributed by atoms with van der Waals surface area (Å²) in [5.41, 5.74) is 0.634. The number of rotatable bonds is 9. The van der Waals surface area contributed by atoms with E-state index in [0.29, 0.717) is 35.7 Å². The molecular weight excluding hydrogens is 470 g/mol. The van der Waals surface area contributed by atoms with E-state index >= 15 is 0 Å². The number of sulfone groups is 1. The summed E-state index contributed by atoms with van der Waals surface area (Å²) in [7, 11) is -3.98. The van der Waals surface area contributed by atoms with Gasteiger partial charge in [-0.25, -0.2) is 8.42 Å². The van der Waals surface area contributed by atoms with Gasteiger partial charge in [-0.2, -0.15) is 4.99 Å². The van der Waals surface area contributed by atoms with Gasteiger partial charge in [-0.3, -0.25) is 14.4 Å². The zero-order chi connectivity index (χ0) is 24.0. The first-order chi connectivity index (χ1) is 15.7.